The van der Waals surface area contributed by atoms with E-state index < -0.39 is 0 Å². The van der Waals surface area contributed by atoms with Gasteiger partial charge >= 0.3 is 0 Å². The molecular formula is C18H21BrFN. The van der Waals surface area contributed by atoms with E-state index in [-0.39, 0.29) is 11.9 Å². The maximum Gasteiger partial charge on any atom is 0.123 e. The Labute approximate surface area is 134 Å². The van der Waals surface area contributed by atoms with Gasteiger partial charge in [-0.25, -0.2) is 4.39 Å². The molecule has 21 heavy (non-hydrogen) atoms. The van der Waals surface area contributed by atoms with E-state index in [4.69, 9.17) is 0 Å². The van der Waals surface area contributed by atoms with Gasteiger partial charge < -0.3 is 5.32 Å². The Bertz CT molecular complexity index is 607. The van der Waals surface area contributed by atoms with E-state index in [0.717, 1.165) is 23.0 Å². The van der Waals surface area contributed by atoms with Gasteiger partial charge in [0.1, 0.15) is 5.82 Å². The number of rotatable bonds is 5. The van der Waals surface area contributed by atoms with Crippen LogP contribution in [0.5, 0.6) is 0 Å². The zero-order chi connectivity index (χ0) is 15.4. The fourth-order valence-electron chi connectivity index (χ4n) is 2.47. The van der Waals surface area contributed by atoms with Crippen LogP contribution in [0.3, 0.4) is 0 Å². The molecule has 112 valence electrons. The molecule has 0 aliphatic heterocycles. The minimum atomic E-state index is -0.197. The van der Waals surface area contributed by atoms with Gasteiger partial charge in [-0.05, 0) is 67.3 Å². The van der Waals surface area contributed by atoms with Gasteiger partial charge in [0.25, 0.3) is 0 Å². The van der Waals surface area contributed by atoms with E-state index in [0.29, 0.717) is 0 Å². The van der Waals surface area contributed by atoms with E-state index >= 15 is 0 Å². The average Bonchev–Trinajstić information content (AvgIpc) is 2.46. The Morgan fingerprint density at radius 3 is 2.38 bits per heavy atom. The highest BCUT2D eigenvalue weighted by atomic mass is 79.9. The summed E-state index contributed by atoms with van der Waals surface area (Å²) in [5, 5.41) is 3.57. The van der Waals surface area contributed by atoms with Crippen molar-refractivity contribution in [3.8, 4) is 0 Å². The SMILES string of the molecule is CCCNC(c1ccc(F)cc1)c1cc(C)c(Br)cc1C. The van der Waals surface area contributed by atoms with Gasteiger partial charge in [0, 0.05) is 4.47 Å². The number of benzene rings is 2. The smallest absolute Gasteiger partial charge is 0.123 e. The first kappa shape index (κ1) is 16.2. The molecule has 1 unspecified atom stereocenters. The highest BCUT2D eigenvalue weighted by molar-refractivity contribution is 9.10. The average molecular weight is 350 g/mol. The molecule has 1 N–H and O–H groups in total. The quantitative estimate of drug-likeness (QED) is 0.772. The first-order valence-corrected chi connectivity index (χ1v) is 8.07. The van der Waals surface area contributed by atoms with Crippen molar-refractivity contribution in [2.45, 2.75) is 33.2 Å². The van der Waals surface area contributed by atoms with Crippen molar-refractivity contribution < 1.29 is 4.39 Å². The third-order valence-corrected chi connectivity index (χ3v) is 4.51. The highest BCUT2D eigenvalue weighted by Gasteiger charge is 2.16. The van der Waals surface area contributed by atoms with Gasteiger partial charge in [-0.3, -0.25) is 0 Å². The summed E-state index contributed by atoms with van der Waals surface area (Å²) in [6.07, 6.45) is 1.06. The van der Waals surface area contributed by atoms with Crippen LogP contribution in [0.4, 0.5) is 4.39 Å². The van der Waals surface area contributed by atoms with Gasteiger partial charge in [0.2, 0.25) is 0 Å². The Kier molecular flexibility index (Phi) is 5.54. The predicted molar refractivity (Wildman–Crippen MR) is 90.2 cm³/mol. The topological polar surface area (TPSA) is 12.0 Å². The van der Waals surface area contributed by atoms with Crippen molar-refractivity contribution in [1.82, 2.24) is 5.32 Å². The van der Waals surface area contributed by atoms with Crippen LogP contribution < -0.4 is 5.32 Å². The Balaban J connectivity index is 2.45. The molecule has 0 heterocycles. The van der Waals surface area contributed by atoms with E-state index in [9.17, 15) is 4.39 Å². The maximum atomic E-state index is 13.2. The lowest BCUT2D eigenvalue weighted by atomic mass is 9.93. The molecule has 0 aliphatic carbocycles. The van der Waals surface area contributed by atoms with Crippen molar-refractivity contribution in [3.63, 3.8) is 0 Å². The molecule has 0 saturated carbocycles. The third-order valence-electron chi connectivity index (χ3n) is 3.66. The van der Waals surface area contributed by atoms with Gasteiger partial charge in [-0.1, -0.05) is 41.1 Å². The van der Waals surface area contributed by atoms with E-state index in [1.165, 1.54) is 28.8 Å². The molecule has 0 saturated heterocycles. The van der Waals surface area contributed by atoms with Crippen LogP contribution in [-0.2, 0) is 0 Å². The van der Waals surface area contributed by atoms with Gasteiger partial charge in [-0.15, -0.1) is 0 Å². The zero-order valence-electron chi connectivity index (χ0n) is 12.7. The minimum Gasteiger partial charge on any atom is -0.306 e. The molecular weight excluding hydrogens is 329 g/mol. The van der Waals surface area contributed by atoms with Crippen LogP contribution in [-0.4, -0.2) is 6.54 Å². The van der Waals surface area contributed by atoms with E-state index in [2.05, 4.69) is 54.2 Å². The number of halogens is 2. The monoisotopic (exact) mass is 349 g/mol. The van der Waals surface area contributed by atoms with Crippen LogP contribution in [0, 0.1) is 19.7 Å². The second-order valence-corrected chi connectivity index (χ2v) is 6.25. The molecule has 2 rings (SSSR count). The fraction of sp³-hybridized carbons (Fsp3) is 0.333. The number of hydrogen-bond acceptors (Lipinski definition) is 1. The maximum absolute atomic E-state index is 13.2. The molecule has 0 spiro atoms. The molecule has 1 atom stereocenters. The molecule has 0 radical (unpaired) electrons. The van der Waals surface area contributed by atoms with Crippen LogP contribution >= 0.6 is 15.9 Å². The molecule has 0 fully saturated rings. The molecule has 2 aromatic carbocycles. The van der Waals surface area contributed by atoms with Crippen molar-refractivity contribution >= 4 is 15.9 Å². The molecule has 1 nitrogen and oxygen atoms in total. The van der Waals surface area contributed by atoms with Crippen molar-refractivity contribution in [3.05, 3.63) is 68.9 Å². The molecule has 0 aromatic heterocycles. The number of nitrogens with one attached hydrogen (secondary N) is 1. The lowest BCUT2D eigenvalue weighted by Gasteiger charge is -2.22. The zero-order valence-corrected chi connectivity index (χ0v) is 14.3. The number of aryl methyl sites for hydroxylation is 2. The molecule has 0 amide bonds. The second-order valence-electron chi connectivity index (χ2n) is 5.40. The highest BCUT2D eigenvalue weighted by Crippen LogP contribution is 2.29. The van der Waals surface area contributed by atoms with Gasteiger partial charge in [-0.2, -0.15) is 0 Å². The van der Waals surface area contributed by atoms with Crippen LogP contribution in [0.15, 0.2) is 40.9 Å². The van der Waals surface area contributed by atoms with E-state index in [1.807, 2.05) is 12.1 Å². The van der Waals surface area contributed by atoms with Gasteiger partial charge in [0.15, 0.2) is 0 Å². The van der Waals surface area contributed by atoms with Crippen LogP contribution in [0.25, 0.3) is 0 Å². The van der Waals surface area contributed by atoms with Crippen LogP contribution in [0.2, 0.25) is 0 Å². The predicted octanol–water partition coefficient (Wildman–Crippen LogP) is 5.29. The Morgan fingerprint density at radius 1 is 1.10 bits per heavy atom. The fourth-order valence-corrected chi connectivity index (χ4v) is 2.92. The minimum absolute atomic E-state index is 0.0948. The summed E-state index contributed by atoms with van der Waals surface area (Å²) in [7, 11) is 0. The third kappa shape index (κ3) is 3.92. The van der Waals surface area contributed by atoms with Crippen molar-refractivity contribution in [1.29, 1.82) is 0 Å². The lowest BCUT2D eigenvalue weighted by molar-refractivity contribution is 0.590. The summed E-state index contributed by atoms with van der Waals surface area (Å²) in [6, 6.07) is 11.2. The molecule has 0 aliphatic rings. The van der Waals surface area contributed by atoms with Crippen molar-refractivity contribution in [2.75, 3.05) is 6.54 Å². The summed E-state index contributed by atoms with van der Waals surface area (Å²) in [4.78, 5) is 0. The number of hydrogen-bond donors (Lipinski definition) is 1. The first-order valence-electron chi connectivity index (χ1n) is 7.28. The summed E-state index contributed by atoms with van der Waals surface area (Å²) < 4.78 is 14.3. The Morgan fingerprint density at radius 2 is 1.76 bits per heavy atom. The van der Waals surface area contributed by atoms with Crippen molar-refractivity contribution in [2.24, 2.45) is 0 Å². The normalized spacial score (nSPS) is 12.4. The molecule has 0 bridgehead atoms. The lowest BCUT2D eigenvalue weighted by Crippen LogP contribution is -2.24. The summed E-state index contributed by atoms with van der Waals surface area (Å²) in [5.41, 5.74) is 4.77. The van der Waals surface area contributed by atoms with Crippen LogP contribution in [0.1, 0.15) is 41.6 Å². The Hall–Kier alpha value is -1.19. The standard InChI is InChI=1S/C18H21BrFN/c1-4-9-21-18(14-5-7-15(20)8-6-14)16-10-13(3)17(19)11-12(16)2/h5-8,10-11,18,21H,4,9H2,1-3H3. The summed E-state index contributed by atoms with van der Waals surface area (Å²) in [5.74, 6) is -0.197. The summed E-state index contributed by atoms with van der Waals surface area (Å²) in [6.45, 7) is 7.28. The molecule has 2 aromatic rings. The van der Waals surface area contributed by atoms with E-state index in [1.54, 1.807) is 0 Å². The second kappa shape index (κ2) is 7.19. The first-order chi connectivity index (χ1) is 10.0. The summed E-state index contributed by atoms with van der Waals surface area (Å²) >= 11 is 3.58. The van der Waals surface area contributed by atoms with Gasteiger partial charge in [0.05, 0.1) is 6.04 Å². The molecule has 3 heteroatoms. The largest absolute Gasteiger partial charge is 0.306 e.